The second-order valence-electron chi connectivity index (χ2n) is 7.15. The van der Waals surface area contributed by atoms with Crippen LogP contribution in [0, 0.1) is 5.92 Å². The van der Waals surface area contributed by atoms with E-state index in [1.54, 1.807) is 6.33 Å². The summed E-state index contributed by atoms with van der Waals surface area (Å²) in [6.45, 7) is 2.91. The Bertz CT molecular complexity index is 594. The molecule has 0 bridgehead atoms. The number of piperidine rings is 1. The van der Waals surface area contributed by atoms with Gasteiger partial charge >= 0.3 is 0 Å². The van der Waals surface area contributed by atoms with Crippen molar-refractivity contribution in [2.45, 2.75) is 57.4 Å². The zero-order valence-electron chi connectivity index (χ0n) is 14.6. The van der Waals surface area contributed by atoms with Crippen molar-refractivity contribution < 1.29 is 9.59 Å². The number of carbonyl (C=O) groups is 2. The Labute approximate surface area is 142 Å². The Morgan fingerprint density at radius 2 is 2.00 bits per heavy atom. The summed E-state index contributed by atoms with van der Waals surface area (Å²) in [4.78, 5) is 26.6. The Hall–Kier alpha value is -1.92. The zero-order valence-corrected chi connectivity index (χ0v) is 14.6. The minimum absolute atomic E-state index is 0.0731. The van der Waals surface area contributed by atoms with Crippen molar-refractivity contribution in [3.63, 3.8) is 0 Å². The molecule has 24 heavy (non-hydrogen) atoms. The molecule has 1 aromatic heterocycles. The molecule has 3 rings (SSSR count). The molecule has 1 aromatic rings. The van der Waals surface area contributed by atoms with Crippen molar-refractivity contribution in [2.75, 3.05) is 13.1 Å². The second kappa shape index (κ2) is 7.32. The molecule has 2 amide bonds. The number of hydrogen-bond acceptors (Lipinski definition) is 4. The number of likely N-dealkylation sites (tertiary alicyclic amines) is 1. The zero-order chi connectivity index (χ0) is 17.1. The standard InChI is InChI=1S/C17H27N5O2/c1-12(23)19-15(13-6-3-4-7-13)17(24)22-9-5-8-14(10-22)16-20-18-11-21(16)2/h11,13-15H,3-10H2,1-2H3,(H,19,23)/t14-,15-/m1/s1. The van der Waals surface area contributed by atoms with Gasteiger partial charge in [0.25, 0.3) is 0 Å². The van der Waals surface area contributed by atoms with Crippen molar-refractivity contribution in [3.8, 4) is 0 Å². The third-order valence-corrected chi connectivity index (χ3v) is 5.34. The first-order chi connectivity index (χ1) is 11.6. The molecule has 1 N–H and O–H groups in total. The van der Waals surface area contributed by atoms with Crippen molar-refractivity contribution in [3.05, 3.63) is 12.2 Å². The highest BCUT2D eigenvalue weighted by atomic mass is 16.2. The van der Waals surface area contributed by atoms with Gasteiger partial charge in [0.05, 0.1) is 0 Å². The molecule has 1 saturated carbocycles. The van der Waals surface area contributed by atoms with Crippen LogP contribution < -0.4 is 5.32 Å². The highest BCUT2D eigenvalue weighted by Crippen LogP contribution is 2.31. The molecule has 2 fully saturated rings. The minimum atomic E-state index is -0.372. The molecule has 0 unspecified atom stereocenters. The lowest BCUT2D eigenvalue weighted by Gasteiger charge is -2.36. The van der Waals surface area contributed by atoms with Crippen LogP contribution in [0.1, 0.15) is 57.2 Å². The van der Waals surface area contributed by atoms with Gasteiger partial charge in [-0.3, -0.25) is 9.59 Å². The lowest BCUT2D eigenvalue weighted by Crippen LogP contribution is -2.53. The summed E-state index contributed by atoms with van der Waals surface area (Å²) < 4.78 is 1.93. The van der Waals surface area contributed by atoms with Gasteiger partial charge in [-0.05, 0) is 31.6 Å². The Kier molecular flexibility index (Phi) is 5.16. The van der Waals surface area contributed by atoms with Crippen LogP contribution in [0.25, 0.3) is 0 Å². The predicted molar refractivity (Wildman–Crippen MR) is 89.1 cm³/mol. The van der Waals surface area contributed by atoms with Gasteiger partial charge in [0, 0.05) is 33.0 Å². The van der Waals surface area contributed by atoms with E-state index in [9.17, 15) is 9.59 Å². The molecule has 7 nitrogen and oxygen atoms in total. The van der Waals surface area contributed by atoms with Crippen molar-refractivity contribution >= 4 is 11.8 Å². The van der Waals surface area contributed by atoms with Gasteiger partial charge in [-0.15, -0.1) is 10.2 Å². The Morgan fingerprint density at radius 1 is 1.25 bits per heavy atom. The molecule has 2 aliphatic rings. The van der Waals surface area contributed by atoms with E-state index in [1.807, 2.05) is 16.5 Å². The molecule has 132 valence electrons. The fraction of sp³-hybridized carbons (Fsp3) is 0.765. The van der Waals surface area contributed by atoms with Crippen molar-refractivity contribution in [1.82, 2.24) is 25.0 Å². The summed E-state index contributed by atoms with van der Waals surface area (Å²) >= 11 is 0. The predicted octanol–water partition coefficient (Wildman–Crippen LogP) is 1.22. The topological polar surface area (TPSA) is 80.1 Å². The highest BCUT2D eigenvalue weighted by molar-refractivity contribution is 5.87. The molecule has 0 aromatic carbocycles. The number of nitrogens with zero attached hydrogens (tertiary/aromatic N) is 4. The average Bonchev–Trinajstić information content (AvgIpc) is 3.23. The lowest BCUT2D eigenvalue weighted by atomic mass is 9.93. The molecule has 1 aliphatic heterocycles. The first-order valence-corrected chi connectivity index (χ1v) is 8.96. The third-order valence-electron chi connectivity index (χ3n) is 5.34. The number of carbonyl (C=O) groups excluding carboxylic acids is 2. The minimum Gasteiger partial charge on any atom is -0.344 e. The first kappa shape index (κ1) is 16.9. The highest BCUT2D eigenvalue weighted by Gasteiger charge is 2.36. The average molecular weight is 333 g/mol. The van der Waals surface area contributed by atoms with Crippen LogP contribution in [0.4, 0.5) is 0 Å². The number of nitrogens with one attached hydrogen (secondary N) is 1. The Balaban J connectivity index is 1.71. The van der Waals surface area contributed by atoms with Crippen LogP contribution in [0.3, 0.4) is 0 Å². The number of aryl methyl sites for hydroxylation is 1. The Morgan fingerprint density at radius 3 is 2.62 bits per heavy atom. The van der Waals surface area contributed by atoms with Crippen LogP contribution in [0.5, 0.6) is 0 Å². The van der Waals surface area contributed by atoms with E-state index < -0.39 is 0 Å². The molecule has 0 radical (unpaired) electrons. The van der Waals surface area contributed by atoms with Gasteiger partial charge in [0.2, 0.25) is 11.8 Å². The van der Waals surface area contributed by atoms with E-state index >= 15 is 0 Å². The van der Waals surface area contributed by atoms with Gasteiger partial charge < -0.3 is 14.8 Å². The fourth-order valence-electron chi connectivity index (χ4n) is 4.14. The smallest absolute Gasteiger partial charge is 0.245 e. The molecule has 0 spiro atoms. The summed E-state index contributed by atoms with van der Waals surface area (Å²) in [5.41, 5.74) is 0. The summed E-state index contributed by atoms with van der Waals surface area (Å²) in [6.07, 6.45) is 8.03. The number of aromatic nitrogens is 3. The molecule has 2 heterocycles. The maximum atomic E-state index is 13.1. The van der Waals surface area contributed by atoms with Gasteiger partial charge in [-0.1, -0.05) is 12.8 Å². The van der Waals surface area contributed by atoms with Crippen LogP contribution in [0.15, 0.2) is 6.33 Å². The molecular weight excluding hydrogens is 306 g/mol. The van der Waals surface area contributed by atoms with Crippen molar-refractivity contribution in [2.24, 2.45) is 13.0 Å². The first-order valence-electron chi connectivity index (χ1n) is 8.96. The van der Waals surface area contributed by atoms with E-state index in [0.29, 0.717) is 6.54 Å². The monoisotopic (exact) mass is 333 g/mol. The van der Waals surface area contributed by atoms with Crippen LogP contribution in [-0.2, 0) is 16.6 Å². The lowest BCUT2D eigenvalue weighted by molar-refractivity contribution is -0.138. The second-order valence-corrected chi connectivity index (χ2v) is 7.15. The molecule has 2 atom stereocenters. The number of hydrogen-bond donors (Lipinski definition) is 1. The molecule has 1 aliphatic carbocycles. The van der Waals surface area contributed by atoms with E-state index in [1.165, 1.54) is 6.92 Å². The summed E-state index contributed by atoms with van der Waals surface area (Å²) in [6, 6.07) is -0.372. The van der Waals surface area contributed by atoms with Crippen LogP contribution in [-0.4, -0.2) is 50.6 Å². The normalized spacial score (nSPS) is 23.2. The quantitative estimate of drug-likeness (QED) is 0.898. The van der Waals surface area contributed by atoms with Crippen LogP contribution >= 0.6 is 0 Å². The van der Waals surface area contributed by atoms with Crippen molar-refractivity contribution in [1.29, 1.82) is 0 Å². The molecular formula is C17H27N5O2. The molecule has 1 saturated heterocycles. The number of rotatable bonds is 4. The van der Waals surface area contributed by atoms with Gasteiger partial charge in [0.15, 0.2) is 0 Å². The number of amides is 2. The SMILES string of the molecule is CC(=O)N[C@@H](C(=O)N1CCC[C@@H](c2nncn2C)C1)C1CCCC1. The van der Waals surface area contributed by atoms with Crippen LogP contribution in [0.2, 0.25) is 0 Å². The summed E-state index contributed by atoms with van der Waals surface area (Å²) in [7, 11) is 1.94. The summed E-state index contributed by atoms with van der Waals surface area (Å²) in [5, 5.41) is 11.1. The van der Waals surface area contributed by atoms with E-state index in [-0.39, 0.29) is 29.7 Å². The van der Waals surface area contributed by atoms with Gasteiger partial charge in [-0.25, -0.2) is 0 Å². The maximum absolute atomic E-state index is 13.1. The van der Waals surface area contributed by atoms with E-state index in [0.717, 1.165) is 50.9 Å². The largest absolute Gasteiger partial charge is 0.344 e. The van der Waals surface area contributed by atoms with E-state index in [4.69, 9.17) is 0 Å². The van der Waals surface area contributed by atoms with E-state index in [2.05, 4.69) is 15.5 Å². The molecule has 7 heteroatoms. The van der Waals surface area contributed by atoms with Gasteiger partial charge in [0.1, 0.15) is 18.2 Å². The fourth-order valence-corrected chi connectivity index (χ4v) is 4.14. The third kappa shape index (κ3) is 3.60. The maximum Gasteiger partial charge on any atom is 0.245 e. The van der Waals surface area contributed by atoms with Gasteiger partial charge in [-0.2, -0.15) is 0 Å². The summed E-state index contributed by atoms with van der Waals surface area (Å²) in [5.74, 6) is 1.38.